The highest BCUT2D eigenvalue weighted by Crippen LogP contribution is 2.12. The summed E-state index contributed by atoms with van der Waals surface area (Å²) >= 11 is 0. The quantitative estimate of drug-likeness (QED) is 0.856. The standard InChI is InChI=1S/C12H15N3O2/c1-9-14-11(8-12(15-9)16-2)13-6-5-10-4-3-7-17-10/h3-4,7-8H,5-6H2,1-2H3,(H,13,14,15). The fraction of sp³-hybridized carbons (Fsp3) is 0.333. The summed E-state index contributed by atoms with van der Waals surface area (Å²) in [7, 11) is 1.59. The van der Waals surface area contributed by atoms with E-state index in [-0.39, 0.29) is 0 Å². The number of aromatic nitrogens is 2. The molecule has 0 aromatic carbocycles. The number of hydrogen-bond donors (Lipinski definition) is 1. The SMILES string of the molecule is COc1cc(NCCc2ccco2)nc(C)n1. The molecular formula is C12H15N3O2. The predicted octanol–water partition coefficient (Wildman–Crippen LogP) is 2.04. The van der Waals surface area contributed by atoms with E-state index in [1.54, 1.807) is 19.4 Å². The molecule has 0 saturated carbocycles. The second kappa shape index (κ2) is 5.34. The minimum atomic E-state index is 0.568. The number of nitrogens with zero attached hydrogens (tertiary/aromatic N) is 2. The van der Waals surface area contributed by atoms with Crippen LogP contribution in [0.4, 0.5) is 5.82 Å². The van der Waals surface area contributed by atoms with Gasteiger partial charge in [-0.1, -0.05) is 0 Å². The number of methoxy groups -OCH3 is 1. The molecule has 0 aliphatic heterocycles. The number of rotatable bonds is 5. The molecule has 0 aliphatic rings. The monoisotopic (exact) mass is 233 g/mol. The molecule has 0 unspecified atom stereocenters. The fourth-order valence-corrected chi connectivity index (χ4v) is 1.50. The maximum absolute atomic E-state index is 5.24. The van der Waals surface area contributed by atoms with E-state index >= 15 is 0 Å². The first-order chi connectivity index (χ1) is 8.28. The van der Waals surface area contributed by atoms with Gasteiger partial charge in [0.25, 0.3) is 0 Å². The van der Waals surface area contributed by atoms with E-state index in [0.717, 1.165) is 24.5 Å². The van der Waals surface area contributed by atoms with E-state index < -0.39 is 0 Å². The van der Waals surface area contributed by atoms with Gasteiger partial charge in [0.15, 0.2) is 0 Å². The van der Waals surface area contributed by atoms with E-state index in [2.05, 4.69) is 15.3 Å². The number of nitrogens with one attached hydrogen (secondary N) is 1. The van der Waals surface area contributed by atoms with Crippen molar-refractivity contribution in [1.82, 2.24) is 9.97 Å². The second-order valence-electron chi connectivity index (χ2n) is 3.60. The Morgan fingerprint density at radius 1 is 1.41 bits per heavy atom. The van der Waals surface area contributed by atoms with Gasteiger partial charge in [0.2, 0.25) is 5.88 Å². The highest BCUT2D eigenvalue weighted by molar-refractivity contribution is 5.38. The van der Waals surface area contributed by atoms with Crippen LogP contribution >= 0.6 is 0 Å². The number of aryl methyl sites for hydroxylation is 1. The van der Waals surface area contributed by atoms with E-state index in [0.29, 0.717) is 11.7 Å². The lowest BCUT2D eigenvalue weighted by Crippen LogP contribution is -2.07. The third-order valence-corrected chi connectivity index (χ3v) is 2.28. The van der Waals surface area contributed by atoms with Crippen LogP contribution in [0.5, 0.6) is 5.88 Å². The average Bonchev–Trinajstić information content (AvgIpc) is 2.81. The van der Waals surface area contributed by atoms with Gasteiger partial charge in [-0.2, -0.15) is 4.98 Å². The zero-order valence-electron chi connectivity index (χ0n) is 9.93. The lowest BCUT2D eigenvalue weighted by atomic mass is 10.3. The van der Waals surface area contributed by atoms with Crippen molar-refractivity contribution in [3.63, 3.8) is 0 Å². The van der Waals surface area contributed by atoms with Crippen LogP contribution in [0.1, 0.15) is 11.6 Å². The maximum Gasteiger partial charge on any atom is 0.218 e. The fourth-order valence-electron chi connectivity index (χ4n) is 1.50. The smallest absolute Gasteiger partial charge is 0.218 e. The van der Waals surface area contributed by atoms with Crippen molar-refractivity contribution >= 4 is 5.82 Å². The molecule has 0 aliphatic carbocycles. The molecule has 90 valence electrons. The molecule has 1 N–H and O–H groups in total. The van der Waals surface area contributed by atoms with Gasteiger partial charge in [-0.15, -0.1) is 0 Å². The van der Waals surface area contributed by atoms with Crippen molar-refractivity contribution in [2.45, 2.75) is 13.3 Å². The number of anilines is 1. The van der Waals surface area contributed by atoms with E-state index in [1.807, 2.05) is 19.1 Å². The Bertz CT molecular complexity index is 469. The number of hydrogen-bond acceptors (Lipinski definition) is 5. The molecule has 0 saturated heterocycles. The van der Waals surface area contributed by atoms with Gasteiger partial charge in [-0.25, -0.2) is 4.98 Å². The highest BCUT2D eigenvalue weighted by Gasteiger charge is 2.02. The molecule has 0 amide bonds. The summed E-state index contributed by atoms with van der Waals surface area (Å²) in [5.74, 6) is 2.97. The maximum atomic E-state index is 5.24. The highest BCUT2D eigenvalue weighted by atomic mass is 16.5. The van der Waals surface area contributed by atoms with Crippen LogP contribution < -0.4 is 10.1 Å². The zero-order chi connectivity index (χ0) is 12.1. The lowest BCUT2D eigenvalue weighted by molar-refractivity contribution is 0.396. The molecule has 5 nitrogen and oxygen atoms in total. The molecule has 2 aromatic rings. The van der Waals surface area contributed by atoms with Crippen LogP contribution in [0, 0.1) is 6.92 Å². The van der Waals surface area contributed by atoms with Crippen molar-refractivity contribution in [3.05, 3.63) is 36.0 Å². The van der Waals surface area contributed by atoms with Crippen LogP contribution in [-0.4, -0.2) is 23.6 Å². The normalized spacial score (nSPS) is 10.2. The first kappa shape index (κ1) is 11.4. The Morgan fingerprint density at radius 2 is 2.29 bits per heavy atom. The Hall–Kier alpha value is -2.04. The van der Waals surface area contributed by atoms with Gasteiger partial charge in [-0.3, -0.25) is 0 Å². The molecule has 0 fully saturated rings. The number of ether oxygens (including phenoxy) is 1. The van der Waals surface area contributed by atoms with Crippen molar-refractivity contribution in [3.8, 4) is 5.88 Å². The third-order valence-electron chi connectivity index (χ3n) is 2.28. The minimum Gasteiger partial charge on any atom is -0.481 e. The second-order valence-corrected chi connectivity index (χ2v) is 3.60. The van der Waals surface area contributed by atoms with Crippen LogP contribution in [0.15, 0.2) is 28.9 Å². The molecule has 2 heterocycles. The first-order valence-corrected chi connectivity index (χ1v) is 5.44. The molecule has 17 heavy (non-hydrogen) atoms. The van der Waals surface area contributed by atoms with Crippen LogP contribution in [0.2, 0.25) is 0 Å². The molecule has 0 radical (unpaired) electrons. The van der Waals surface area contributed by atoms with Crippen LogP contribution in [0.25, 0.3) is 0 Å². The Balaban J connectivity index is 1.92. The predicted molar refractivity (Wildman–Crippen MR) is 64.2 cm³/mol. The van der Waals surface area contributed by atoms with Gasteiger partial charge in [0.05, 0.1) is 13.4 Å². The Kier molecular flexibility index (Phi) is 3.59. The molecule has 0 atom stereocenters. The topological polar surface area (TPSA) is 60.2 Å². The summed E-state index contributed by atoms with van der Waals surface area (Å²) in [6.45, 7) is 2.59. The molecule has 2 aromatic heterocycles. The third kappa shape index (κ3) is 3.21. The van der Waals surface area contributed by atoms with Crippen LogP contribution in [-0.2, 0) is 6.42 Å². The summed E-state index contributed by atoms with van der Waals surface area (Å²) in [4.78, 5) is 8.39. The summed E-state index contributed by atoms with van der Waals surface area (Å²) < 4.78 is 10.3. The van der Waals surface area contributed by atoms with Crippen molar-refractivity contribution in [2.75, 3.05) is 19.0 Å². The van der Waals surface area contributed by atoms with Crippen LogP contribution in [0.3, 0.4) is 0 Å². The number of furan rings is 1. The molecular weight excluding hydrogens is 218 g/mol. The Morgan fingerprint density at radius 3 is 3.00 bits per heavy atom. The van der Waals surface area contributed by atoms with E-state index in [1.165, 1.54) is 0 Å². The average molecular weight is 233 g/mol. The summed E-state index contributed by atoms with van der Waals surface area (Å²) in [6, 6.07) is 5.61. The van der Waals surface area contributed by atoms with Gasteiger partial charge in [-0.05, 0) is 19.1 Å². The minimum absolute atomic E-state index is 0.568. The lowest BCUT2D eigenvalue weighted by Gasteiger charge is -2.06. The summed E-state index contributed by atoms with van der Waals surface area (Å²) in [5, 5.41) is 3.21. The van der Waals surface area contributed by atoms with Crippen molar-refractivity contribution in [2.24, 2.45) is 0 Å². The molecule has 0 bridgehead atoms. The summed E-state index contributed by atoms with van der Waals surface area (Å²) in [5.41, 5.74) is 0. The zero-order valence-corrected chi connectivity index (χ0v) is 9.93. The van der Waals surface area contributed by atoms with Crippen molar-refractivity contribution < 1.29 is 9.15 Å². The van der Waals surface area contributed by atoms with E-state index in [9.17, 15) is 0 Å². The molecule has 0 spiro atoms. The van der Waals surface area contributed by atoms with Gasteiger partial charge in [0.1, 0.15) is 17.4 Å². The van der Waals surface area contributed by atoms with E-state index in [4.69, 9.17) is 9.15 Å². The molecule has 2 rings (SSSR count). The Labute approximate surface area is 99.8 Å². The van der Waals surface area contributed by atoms with Gasteiger partial charge < -0.3 is 14.5 Å². The summed E-state index contributed by atoms with van der Waals surface area (Å²) in [6.07, 6.45) is 2.49. The molecule has 5 heteroatoms. The first-order valence-electron chi connectivity index (χ1n) is 5.44. The van der Waals surface area contributed by atoms with Gasteiger partial charge in [0, 0.05) is 19.0 Å². The largest absolute Gasteiger partial charge is 0.481 e. The van der Waals surface area contributed by atoms with Gasteiger partial charge >= 0.3 is 0 Å². The van der Waals surface area contributed by atoms with Crippen molar-refractivity contribution in [1.29, 1.82) is 0 Å².